The van der Waals surface area contributed by atoms with Crippen molar-refractivity contribution < 1.29 is 6.16 Å². The van der Waals surface area contributed by atoms with Gasteiger partial charge in [0.1, 0.15) is 6.61 Å². The van der Waals surface area contributed by atoms with Gasteiger partial charge in [-0.1, -0.05) is 6.08 Å². The molecule has 1 aliphatic rings. The molecule has 2 heterocycles. The van der Waals surface area contributed by atoms with Gasteiger partial charge in [-0.05, 0) is 13.0 Å². The van der Waals surface area contributed by atoms with Crippen LogP contribution in [0.4, 0.5) is 5.69 Å². The van der Waals surface area contributed by atoms with Gasteiger partial charge in [0.05, 0.1) is 5.69 Å². The van der Waals surface area contributed by atoms with Crippen LogP contribution in [0.25, 0.3) is 5.70 Å². The Morgan fingerprint density at radius 3 is 3.33 bits per heavy atom. The predicted octanol–water partition coefficient (Wildman–Crippen LogP) is 1.71. The second kappa shape index (κ2) is 4.21. The Balaban J connectivity index is 0.00000128. The van der Waals surface area contributed by atoms with Gasteiger partial charge in [-0.3, -0.25) is 0 Å². The van der Waals surface area contributed by atoms with Crippen LogP contribution in [0.5, 0.6) is 5.88 Å². The van der Waals surface area contributed by atoms with Crippen molar-refractivity contribution in [2.75, 3.05) is 25.5 Å². The standard InChI is InChI=1S/C11H15N3O.H2/c1-3-9(12-2)8-6-10-11(14-7-8)15-5-4-13-10;/h3,6-7,12-13H,4-5H2,1-2H3;1H/b9-3-;. The molecule has 2 N–H and O–H groups in total. The predicted molar refractivity (Wildman–Crippen MR) is 63.0 cm³/mol. The van der Waals surface area contributed by atoms with Gasteiger partial charge in [-0.25, -0.2) is 4.98 Å². The zero-order valence-electron chi connectivity index (χ0n) is 9.00. The van der Waals surface area contributed by atoms with E-state index in [9.17, 15) is 0 Å². The number of pyridine rings is 1. The van der Waals surface area contributed by atoms with Gasteiger partial charge in [-0.2, -0.15) is 0 Å². The first-order valence-electron chi connectivity index (χ1n) is 5.06. The molecule has 0 saturated heterocycles. The monoisotopic (exact) mass is 207 g/mol. The Bertz CT molecular complexity index is 393. The topological polar surface area (TPSA) is 46.2 Å². The smallest absolute Gasteiger partial charge is 0.237 e. The van der Waals surface area contributed by atoms with E-state index >= 15 is 0 Å². The van der Waals surface area contributed by atoms with E-state index in [4.69, 9.17) is 4.74 Å². The number of fused-ring (bicyclic) bond motifs is 1. The van der Waals surface area contributed by atoms with Crippen molar-refractivity contribution >= 4 is 11.4 Å². The van der Waals surface area contributed by atoms with Gasteiger partial charge in [0.25, 0.3) is 0 Å². The number of hydrogen-bond donors (Lipinski definition) is 2. The summed E-state index contributed by atoms with van der Waals surface area (Å²) in [6.07, 6.45) is 3.84. The molecular weight excluding hydrogens is 190 g/mol. The lowest BCUT2D eigenvalue weighted by atomic mass is 10.2. The van der Waals surface area contributed by atoms with E-state index in [1.165, 1.54) is 0 Å². The summed E-state index contributed by atoms with van der Waals surface area (Å²) in [6.45, 7) is 3.51. The van der Waals surface area contributed by atoms with E-state index in [1.54, 1.807) is 0 Å². The van der Waals surface area contributed by atoms with Gasteiger partial charge >= 0.3 is 0 Å². The summed E-state index contributed by atoms with van der Waals surface area (Å²) in [7, 11) is 1.90. The molecular formula is C11H17N3O. The van der Waals surface area contributed by atoms with Gasteiger partial charge in [0, 0.05) is 32.5 Å². The molecule has 4 nitrogen and oxygen atoms in total. The maximum atomic E-state index is 5.41. The maximum absolute atomic E-state index is 5.41. The van der Waals surface area contributed by atoms with E-state index < -0.39 is 0 Å². The molecule has 2 rings (SSSR count). The molecule has 0 bridgehead atoms. The number of aromatic nitrogens is 1. The highest BCUT2D eigenvalue weighted by Crippen LogP contribution is 2.26. The first kappa shape index (κ1) is 9.83. The normalized spacial score (nSPS) is 14.9. The number of anilines is 1. The SMILES string of the molecule is C/C=C(\NC)c1cnc2c(c1)NCCO2.[HH]. The van der Waals surface area contributed by atoms with Crippen LogP contribution in [0, 0.1) is 0 Å². The number of hydrogen-bond acceptors (Lipinski definition) is 4. The van der Waals surface area contributed by atoms with Gasteiger partial charge in [0.15, 0.2) is 0 Å². The Hall–Kier alpha value is -1.71. The average molecular weight is 207 g/mol. The van der Waals surface area contributed by atoms with Crippen LogP contribution >= 0.6 is 0 Å². The van der Waals surface area contributed by atoms with E-state index in [0.717, 1.165) is 23.5 Å². The average Bonchev–Trinajstić information content (AvgIpc) is 2.30. The Kier molecular flexibility index (Phi) is 2.76. The third-order valence-electron chi connectivity index (χ3n) is 2.38. The maximum Gasteiger partial charge on any atom is 0.237 e. The van der Waals surface area contributed by atoms with Crippen molar-refractivity contribution in [3.8, 4) is 5.88 Å². The second-order valence-corrected chi connectivity index (χ2v) is 3.30. The van der Waals surface area contributed by atoms with Gasteiger partial charge < -0.3 is 15.4 Å². The molecule has 0 amide bonds. The number of allylic oxidation sites excluding steroid dienone is 1. The number of nitrogens with zero attached hydrogens (tertiary/aromatic N) is 1. The lowest BCUT2D eigenvalue weighted by molar-refractivity contribution is 0.310. The largest absolute Gasteiger partial charge is 0.474 e. The Labute approximate surface area is 90.8 Å². The molecule has 0 radical (unpaired) electrons. The Morgan fingerprint density at radius 1 is 1.73 bits per heavy atom. The third-order valence-corrected chi connectivity index (χ3v) is 2.38. The second-order valence-electron chi connectivity index (χ2n) is 3.30. The molecule has 4 heteroatoms. The highest BCUT2D eigenvalue weighted by atomic mass is 16.5. The summed E-state index contributed by atoms with van der Waals surface area (Å²) in [5.74, 6) is 0.691. The third kappa shape index (κ3) is 1.88. The molecule has 0 fully saturated rings. The van der Waals surface area contributed by atoms with Crippen LogP contribution in [-0.4, -0.2) is 25.2 Å². The molecule has 82 valence electrons. The van der Waals surface area contributed by atoms with Crippen molar-refractivity contribution in [1.29, 1.82) is 0 Å². The van der Waals surface area contributed by atoms with Crippen LogP contribution in [0.3, 0.4) is 0 Å². The lowest BCUT2D eigenvalue weighted by Gasteiger charge is -2.18. The number of ether oxygens (including phenoxy) is 1. The summed E-state index contributed by atoms with van der Waals surface area (Å²) in [6, 6.07) is 2.05. The molecule has 0 atom stereocenters. The zero-order valence-corrected chi connectivity index (χ0v) is 9.00. The number of nitrogens with one attached hydrogen (secondary N) is 2. The molecule has 0 aromatic carbocycles. The van der Waals surface area contributed by atoms with Crippen molar-refractivity contribution in [3.63, 3.8) is 0 Å². The lowest BCUT2D eigenvalue weighted by Crippen LogP contribution is -2.19. The first-order valence-corrected chi connectivity index (χ1v) is 5.06. The fraction of sp³-hybridized carbons (Fsp3) is 0.364. The van der Waals surface area contributed by atoms with E-state index in [0.29, 0.717) is 12.5 Å². The summed E-state index contributed by atoms with van der Waals surface area (Å²) >= 11 is 0. The van der Waals surface area contributed by atoms with Crippen LogP contribution in [-0.2, 0) is 0 Å². The molecule has 0 saturated carbocycles. The molecule has 0 spiro atoms. The quantitative estimate of drug-likeness (QED) is 0.775. The fourth-order valence-corrected chi connectivity index (χ4v) is 1.63. The molecule has 1 aliphatic heterocycles. The minimum absolute atomic E-state index is 0. The van der Waals surface area contributed by atoms with Crippen LogP contribution < -0.4 is 15.4 Å². The van der Waals surface area contributed by atoms with Crippen molar-refractivity contribution in [3.05, 3.63) is 23.9 Å². The minimum atomic E-state index is 0. The summed E-state index contributed by atoms with van der Waals surface area (Å²) in [5, 5.41) is 6.39. The molecule has 0 aliphatic carbocycles. The zero-order chi connectivity index (χ0) is 10.7. The summed E-state index contributed by atoms with van der Waals surface area (Å²) in [4.78, 5) is 4.27. The van der Waals surface area contributed by atoms with Crippen molar-refractivity contribution in [1.82, 2.24) is 10.3 Å². The van der Waals surface area contributed by atoms with Crippen LogP contribution in [0.1, 0.15) is 13.9 Å². The number of rotatable bonds is 2. The molecule has 1 aromatic rings. The highest BCUT2D eigenvalue weighted by molar-refractivity contribution is 5.68. The van der Waals surface area contributed by atoms with Gasteiger partial charge in [-0.15, -0.1) is 0 Å². The first-order chi connectivity index (χ1) is 7.35. The van der Waals surface area contributed by atoms with E-state index in [2.05, 4.69) is 15.6 Å². The van der Waals surface area contributed by atoms with Crippen molar-refractivity contribution in [2.24, 2.45) is 0 Å². The van der Waals surface area contributed by atoms with Crippen molar-refractivity contribution in [2.45, 2.75) is 6.92 Å². The Morgan fingerprint density at radius 2 is 2.60 bits per heavy atom. The van der Waals surface area contributed by atoms with Crippen LogP contribution in [0.2, 0.25) is 0 Å². The molecule has 1 aromatic heterocycles. The molecule has 15 heavy (non-hydrogen) atoms. The fourth-order valence-electron chi connectivity index (χ4n) is 1.63. The summed E-state index contributed by atoms with van der Waals surface area (Å²) < 4.78 is 5.41. The van der Waals surface area contributed by atoms with E-state index in [1.807, 2.05) is 32.3 Å². The highest BCUT2D eigenvalue weighted by Gasteiger charge is 2.12. The van der Waals surface area contributed by atoms with Crippen LogP contribution in [0.15, 0.2) is 18.3 Å². The summed E-state index contributed by atoms with van der Waals surface area (Å²) in [5.41, 5.74) is 3.10. The van der Waals surface area contributed by atoms with Gasteiger partial charge in [0.2, 0.25) is 5.88 Å². The van der Waals surface area contributed by atoms with E-state index in [-0.39, 0.29) is 1.43 Å². The molecule has 0 unspecified atom stereocenters. The minimum Gasteiger partial charge on any atom is -0.474 e.